The summed E-state index contributed by atoms with van der Waals surface area (Å²) in [7, 11) is -3.66. The van der Waals surface area contributed by atoms with Crippen molar-refractivity contribution in [3.8, 4) is 0 Å². The molecule has 2 bridgehead atoms. The van der Waals surface area contributed by atoms with Crippen LogP contribution in [0.2, 0.25) is 5.02 Å². The molecule has 0 spiro atoms. The number of hydrogen-bond acceptors (Lipinski definition) is 3. The zero-order valence-electron chi connectivity index (χ0n) is 10.9. The Hall–Kier alpha value is -0.690. The van der Waals surface area contributed by atoms with E-state index in [2.05, 4.69) is 5.32 Å². The summed E-state index contributed by atoms with van der Waals surface area (Å²) in [5, 5.41) is 3.37. The van der Waals surface area contributed by atoms with E-state index in [4.69, 9.17) is 11.6 Å². The molecule has 110 valence electrons. The summed E-state index contributed by atoms with van der Waals surface area (Å²) >= 11 is 5.89. The summed E-state index contributed by atoms with van der Waals surface area (Å²) < 4.78 is 39.8. The molecule has 2 fully saturated rings. The van der Waals surface area contributed by atoms with E-state index in [0.29, 0.717) is 19.1 Å². The summed E-state index contributed by atoms with van der Waals surface area (Å²) in [5.74, 6) is -0.537. The van der Waals surface area contributed by atoms with Crippen LogP contribution >= 0.6 is 11.6 Å². The monoisotopic (exact) mass is 318 g/mol. The lowest BCUT2D eigenvalue weighted by Gasteiger charge is -2.24. The van der Waals surface area contributed by atoms with Crippen molar-refractivity contribution in [3.05, 3.63) is 29.0 Å². The van der Waals surface area contributed by atoms with Crippen LogP contribution in [-0.4, -0.2) is 37.9 Å². The Labute approximate surface area is 123 Å². The molecule has 2 aliphatic rings. The summed E-state index contributed by atoms with van der Waals surface area (Å²) in [6.07, 6.45) is 2.90. The highest BCUT2D eigenvalue weighted by Crippen LogP contribution is 2.29. The normalized spacial score (nSPS) is 27.5. The molecule has 2 heterocycles. The van der Waals surface area contributed by atoms with Crippen molar-refractivity contribution >= 4 is 21.6 Å². The standard InChI is InChI=1S/C13H16ClFN2O2S/c14-12-7-9(15)1-4-13(12)20(18,19)17-6-5-10-2-3-11(8-17)16-10/h1,4,7,10-11,16H,2-3,5-6,8H2. The van der Waals surface area contributed by atoms with E-state index in [0.717, 1.165) is 31.4 Å². The first-order valence-corrected chi connectivity index (χ1v) is 8.50. The van der Waals surface area contributed by atoms with Gasteiger partial charge in [-0.1, -0.05) is 11.6 Å². The first kappa shape index (κ1) is 14.3. The molecule has 0 saturated carbocycles. The molecular weight excluding hydrogens is 303 g/mol. The number of sulfonamides is 1. The van der Waals surface area contributed by atoms with Crippen molar-refractivity contribution in [1.29, 1.82) is 0 Å². The van der Waals surface area contributed by atoms with Gasteiger partial charge in [0.15, 0.2) is 0 Å². The van der Waals surface area contributed by atoms with E-state index in [9.17, 15) is 12.8 Å². The van der Waals surface area contributed by atoms with E-state index in [1.54, 1.807) is 0 Å². The minimum atomic E-state index is -3.66. The fourth-order valence-corrected chi connectivity index (χ4v) is 4.96. The number of halogens is 2. The highest BCUT2D eigenvalue weighted by Gasteiger charge is 2.35. The highest BCUT2D eigenvalue weighted by atomic mass is 35.5. The molecule has 7 heteroatoms. The molecule has 2 saturated heterocycles. The van der Waals surface area contributed by atoms with Crippen LogP contribution < -0.4 is 5.32 Å². The second-order valence-electron chi connectivity index (χ2n) is 5.36. The molecule has 1 aromatic rings. The highest BCUT2D eigenvalue weighted by molar-refractivity contribution is 7.89. The summed E-state index contributed by atoms with van der Waals surface area (Å²) in [6.45, 7) is 0.927. The molecule has 1 aromatic carbocycles. The third kappa shape index (κ3) is 2.57. The fraction of sp³-hybridized carbons (Fsp3) is 0.538. The number of fused-ring (bicyclic) bond motifs is 2. The van der Waals surface area contributed by atoms with E-state index < -0.39 is 15.8 Å². The van der Waals surface area contributed by atoms with Gasteiger partial charge in [-0.2, -0.15) is 4.31 Å². The molecule has 2 unspecified atom stereocenters. The minimum Gasteiger partial charge on any atom is -0.310 e. The van der Waals surface area contributed by atoms with E-state index in [-0.39, 0.29) is 16.0 Å². The van der Waals surface area contributed by atoms with Crippen molar-refractivity contribution in [2.24, 2.45) is 0 Å². The van der Waals surface area contributed by atoms with Crippen LogP contribution in [0.25, 0.3) is 0 Å². The van der Waals surface area contributed by atoms with Crippen molar-refractivity contribution < 1.29 is 12.8 Å². The topological polar surface area (TPSA) is 49.4 Å². The smallest absolute Gasteiger partial charge is 0.244 e. The van der Waals surface area contributed by atoms with Crippen molar-refractivity contribution in [3.63, 3.8) is 0 Å². The summed E-state index contributed by atoms with van der Waals surface area (Å²) in [5.41, 5.74) is 0. The Morgan fingerprint density at radius 3 is 2.75 bits per heavy atom. The quantitative estimate of drug-likeness (QED) is 0.907. The summed E-state index contributed by atoms with van der Waals surface area (Å²) in [6, 6.07) is 4.02. The predicted molar refractivity (Wildman–Crippen MR) is 74.7 cm³/mol. The number of benzene rings is 1. The van der Waals surface area contributed by atoms with Crippen LogP contribution in [0.1, 0.15) is 19.3 Å². The molecule has 20 heavy (non-hydrogen) atoms. The number of rotatable bonds is 2. The zero-order valence-corrected chi connectivity index (χ0v) is 12.4. The molecule has 0 radical (unpaired) electrons. The Bertz CT molecular complexity index is 623. The molecular formula is C13H16ClFN2O2S. The van der Waals surface area contributed by atoms with Crippen LogP contribution in [0.3, 0.4) is 0 Å². The minimum absolute atomic E-state index is 0.0154. The van der Waals surface area contributed by atoms with Gasteiger partial charge in [0.1, 0.15) is 10.7 Å². The third-order valence-electron chi connectivity index (χ3n) is 4.00. The van der Waals surface area contributed by atoms with E-state index >= 15 is 0 Å². The Morgan fingerprint density at radius 2 is 2.00 bits per heavy atom. The number of hydrogen-bond donors (Lipinski definition) is 1. The number of nitrogens with zero attached hydrogens (tertiary/aromatic N) is 1. The van der Waals surface area contributed by atoms with Gasteiger partial charge in [0.2, 0.25) is 10.0 Å². The fourth-order valence-electron chi connectivity index (χ4n) is 2.95. The van der Waals surface area contributed by atoms with Crippen LogP contribution in [0.5, 0.6) is 0 Å². The molecule has 4 nitrogen and oxygen atoms in total. The van der Waals surface area contributed by atoms with Crippen molar-refractivity contribution in [2.45, 2.75) is 36.2 Å². The maximum Gasteiger partial charge on any atom is 0.244 e. The average molecular weight is 319 g/mol. The van der Waals surface area contributed by atoms with Gasteiger partial charge in [-0.25, -0.2) is 12.8 Å². The van der Waals surface area contributed by atoms with Gasteiger partial charge < -0.3 is 5.32 Å². The van der Waals surface area contributed by atoms with Gasteiger partial charge >= 0.3 is 0 Å². The van der Waals surface area contributed by atoms with Crippen molar-refractivity contribution in [2.75, 3.05) is 13.1 Å². The molecule has 3 rings (SSSR count). The summed E-state index contributed by atoms with van der Waals surface area (Å²) in [4.78, 5) is -0.0154. The first-order valence-electron chi connectivity index (χ1n) is 6.68. The molecule has 2 atom stereocenters. The van der Waals surface area contributed by atoms with E-state index in [1.807, 2.05) is 0 Å². The molecule has 0 aliphatic carbocycles. The predicted octanol–water partition coefficient (Wildman–Crippen LogP) is 1.99. The SMILES string of the molecule is O=S(=O)(c1ccc(F)cc1Cl)N1CCC2CCC(C1)N2. The van der Waals surface area contributed by atoms with Crippen LogP contribution in [0, 0.1) is 5.82 Å². The van der Waals surface area contributed by atoms with Crippen LogP contribution in [0.4, 0.5) is 4.39 Å². The van der Waals surface area contributed by atoms with Crippen LogP contribution in [-0.2, 0) is 10.0 Å². The molecule has 0 amide bonds. The maximum atomic E-state index is 13.1. The maximum absolute atomic E-state index is 13.1. The van der Waals surface area contributed by atoms with Gasteiger partial charge in [-0.15, -0.1) is 0 Å². The lowest BCUT2D eigenvalue weighted by atomic mass is 10.1. The van der Waals surface area contributed by atoms with Crippen LogP contribution in [0.15, 0.2) is 23.1 Å². The third-order valence-corrected chi connectivity index (χ3v) is 6.35. The second-order valence-corrected chi connectivity index (χ2v) is 7.68. The molecule has 2 aliphatic heterocycles. The Kier molecular flexibility index (Phi) is 3.75. The van der Waals surface area contributed by atoms with Gasteiger partial charge in [-0.05, 0) is 37.5 Å². The number of nitrogens with one attached hydrogen (secondary N) is 1. The van der Waals surface area contributed by atoms with Gasteiger partial charge in [0.05, 0.1) is 5.02 Å². The first-order chi connectivity index (χ1) is 9.46. The Balaban J connectivity index is 1.91. The lowest BCUT2D eigenvalue weighted by molar-refractivity contribution is 0.383. The van der Waals surface area contributed by atoms with Gasteiger partial charge in [0.25, 0.3) is 0 Å². The van der Waals surface area contributed by atoms with Crippen molar-refractivity contribution in [1.82, 2.24) is 9.62 Å². The molecule has 1 N–H and O–H groups in total. The lowest BCUT2D eigenvalue weighted by Crippen LogP contribution is -2.39. The van der Waals surface area contributed by atoms with Gasteiger partial charge in [0, 0.05) is 25.2 Å². The molecule has 0 aromatic heterocycles. The largest absolute Gasteiger partial charge is 0.310 e. The average Bonchev–Trinajstić information content (AvgIpc) is 2.67. The van der Waals surface area contributed by atoms with E-state index in [1.165, 1.54) is 10.4 Å². The zero-order chi connectivity index (χ0) is 14.3. The Morgan fingerprint density at radius 1 is 1.25 bits per heavy atom. The van der Waals surface area contributed by atoms with Gasteiger partial charge in [-0.3, -0.25) is 0 Å². The second kappa shape index (κ2) is 5.26.